The fraction of sp³-hybridized carbons (Fsp3) is 0.444. The third-order valence-electron chi connectivity index (χ3n) is 4.97. The molecule has 2 aliphatic heterocycles. The summed E-state index contributed by atoms with van der Waals surface area (Å²) in [4.78, 5) is 10.5. The number of ether oxygens (including phenoxy) is 2. The molecular formula is C18H20FN3O2. The first-order valence-electron chi connectivity index (χ1n) is 8.17. The number of rotatable bonds is 5. The van der Waals surface area contributed by atoms with Gasteiger partial charge >= 0.3 is 0 Å². The number of likely N-dealkylation sites (tertiary alicyclic amines) is 1. The van der Waals surface area contributed by atoms with E-state index < -0.39 is 5.82 Å². The molecule has 4 rings (SSSR count). The molecule has 0 amide bonds. The average molecular weight is 329 g/mol. The highest BCUT2D eigenvalue weighted by atomic mass is 19.1. The highest BCUT2D eigenvalue weighted by molar-refractivity contribution is 5.14. The smallest absolute Gasteiger partial charge is 0.250 e. The molecule has 2 fully saturated rings. The van der Waals surface area contributed by atoms with E-state index in [4.69, 9.17) is 9.47 Å². The maximum atomic E-state index is 13.7. The number of fused-ring (bicyclic) bond motifs is 1. The monoisotopic (exact) mass is 329 g/mol. The molecule has 2 saturated heterocycles. The van der Waals surface area contributed by atoms with Crippen molar-refractivity contribution >= 4 is 0 Å². The molecule has 24 heavy (non-hydrogen) atoms. The Labute approximate surface area is 140 Å². The fourth-order valence-electron chi connectivity index (χ4n) is 3.70. The van der Waals surface area contributed by atoms with Crippen LogP contribution < -0.4 is 4.74 Å². The van der Waals surface area contributed by atoms with Gasteiger partial charge in [0, 0.05) is 49.6 Å². The Bertz CT molecular complexity index is 700. The topological polar surface area (TPSA) is 47.5 Å². The molecule has 0 radical (unpaired) electrons. The van der Waals surface area contributed by atoms with Crippen LogP contribution in [0.1, 0.15) is 5.56 Å². The van der Waals surface area contributed by atoms with Crippen LogP contribution in [-0.4, -0.2) is 47.8 Å². The molecule has 5 nitrogen and oxygen atoms in total. The summed E-state index contributed by atoms with van der Waals surface area (Å²) < 4.78 is 25.2. The number of halogens is 1. The molecule has 6 heteroatoms. The summed E-state index contributed by atoms with van der Waals surface area (Å²) in [5.74, 6) is 0.0622. The predicted molar refractivity (Wildman–Crippen MR) is 85.9 cm³/mol. The molecule has 2 aliphatic rings. The molecule has 2 aromatic heterocycles. The van der Waals surface area contributed by atoms with Crippen molar-refractivity contribution in [3.8, 4) is 5.88 Å². The fourth-order valence-corrected chi connectivity index (χ4v) is 3.70. The molecule has 4 heterocycles. The van der Waals surface area contributed by atoms with Crippen molar-refractivity contribution < 1.29 is 13.9 Å². The van der Waals surface area contributed by atoms with Gasteiger partial charge in [0.25, 0.3) is 0 Å². The van der Waals surface area contributed by atoms with Crippen molar-refractivity contribution in [3.63, 3.8) is 0 Å². The third-order valence-corrected chi connectivity index (χ3v) is 4.97. The maximum Gasteiger partial charge on any atom is 0.250 e. The minimum atomic E-state index is -0.420. The minimum absolute atomic E-state index is 0.0742. The van der Waals surface area contributed by atoms with Gasteiger partial charge < -0.3 is 9.47 Å². The summed E-state index contributed by atoms with van der Waals surface area (Å²) in [5, 5.41) is 0. The Morgan fingerprint density at radius 3 is 3.00 bits per heavy atom. The van der Waals surface area contributed by atoms with Crippen molar-refractivity contribution in [2.45, 2.75) is 6.54 Å². The van der Waals surface area contributed by atoms with E-state index in [0.717, 1.165) is 26.2 Å². The zero-order chi connectivity index (χ0) is 16.4. The molecule has 0 N–H and O–H groups in total. The summed E-state index contributed by atoms with van der Waals surface area (Å²) in [6.07, 6.45) is 5.18. The van der Waals surface area contributed by atoms with E-state index >= 15 is 0 Å². The summed E-state index contributed by atoms with van der Waals surface area (Å²) in [7, 11) is 0. The second-order valence-corrected chi connectivity index (χ2v) is 6.68. The van der Waals surface area contributed by atoms with E-state index in [1.165, 1.54) is 11.6 Å². The standard InChI is InChI=1S/C18H20FN3O2/c19-16-2-1-5-21-17(16)24-13-18-11-22(9-15(18)10-23-12-18)8-14-3-6-20-7-4-14/h1-7,15H,8-13H2/t15-,18+/m1/s1. The van der Waals surface area contributed by atoms with Gasteiger partial charge in [-0.1, -0.05) is 0 Å². The van der Waals surface area contributed by atoms with Gasteiger partial charge in [0.2, 0.25) is 5.88 Å². The zero-order valence-corrected chi connectivity index (χ0v) is 13.4. The molecule has 2 atom stereocenters. The second-order valence-electron chi connectivity index (χ2n) is 6.68. The Kier molecular flexibility index (Phi) is 4.16. The quantitative estimate of drug-likeness (QED) is 0.841. The molecule has 126 valence electrons. The van der Waals surface area contributed by atoms with Gasteiger partial charge in [0.1, 0.15) is 0 Å². The van der Waals surface area contributed by atoms with E-state index in [9.17, 15) is 4.39 Å². The molecule has 0 saturated carbocycles. The Morgan fingerprint density at radius 1 is 1.29 bits per heavy atom. The Morgan fingerprint density at radius 2 is 2.17 bits per heavy atom. The lowest BCUT2D eigenvalue weighted by atomic mass is 9.82. The lowest BCUT2D eigenvalue weighted by Crippen LogP contribution is -2.37. The van der Waals surface area contributed by atoms with Crippen LogP contribution in [0.2, 0.25) is 0 Å². The van der Waals surface area contributed by atoms with E-state index in [1.807, 2.05) is 24.5 Å². The summed E-state index contributed by atoms with van der Waals surface area (Å²) in [5.41, 5.74) is 1.16. The molecule has 0 spiro atoms. The highest BCUT2D eigenvalue weighted by Gasteiger charge is 2.51. The van der Waals surface area contributed by atoms with Crippen molar-refractivity contribution in [3.05, 3.63) is 54.2 Å². The highest BCUT2D eigenvalue weighted by Crippen LogP contribution is 2.42. The van der Waals surface area contributed by atoms with Gasteiger partial charge in [-0.15, -0.1) is 0 Å². The first kappa shape index (κ1) is 15.5. The van der Waals surface area contributed by atoms with E-state index in [0.29, 0.717) is 19.1 Å². The second kappa shape index (κ2) is 6.45. The van der Waals surface area contributed by atoms with Gasteiger partial charge in [-0.25, -0.2) is 9.37 Å². The van der Waals surface area contributed by atoms with Crippen LogP contribution in [0.25, 0.3) is 0 Å². The summed E-state index contributed by atoms with van der Waals surface area (Å²) >= 11 is 0. The molecule has 2 aromatic rings. The molecule has 0 aromatic carbocycles. The minimum Gasteiger partial charge on any atom is -0.475 e. The SMILES string of the molecule is Fc1cccnc1OC[C@]12COC[C@H]1CN(Cc1ccncc1)C2. The van der Waals surface area contributed by atoms with Crippen LogP contribution in [0.4, 0.5) is 4.39 Å². The average Bonchev–Trinajstić information content (AvgIpc) is 3.12. The third kappa shape index (κ3) is 2.99. The number of hydrogen-bond acceptors (Lipinski definition) is 5. The molecule has 0 unspecified atom stereocenters. The Balaban J connectivity index is 1.44. The van der Waals surface area contributed by atoms with Crippen molar-refractivity contribution in [2.75, 3.05) is 32.9 Å². The molecular weight excluding hydrogens is 309 g/mol. The van der Waals surface area contributed by atoms with Crippen LogP contribution in [0.5, 0.6) is 5.88 Å². The zero-order valence-electron chi connectivity index (χ0n) is 13.4. The van der Waals surface area contributed by atoms with Crippen molar-refractivity contribution in [2.24, 2.45) is 11.3 Å². The predicted octanol–water partition coefficient (Wildman–Crippen LogP) is 2.14. The van der Waals surface area contributed by atoms with Gasteiger partial charge in [0.05, 0.1) is 19.8 Å². The van der Waals surface area contributed by atoms with Gasteiger partial charge in [-0.2, -0.15) is 0 Å². The first-order chi connectivity index (χ1) is 11.8. The Hall–Kier alpha value is -2.05. The summed E-state index contributed by atoms with van der Waals surface area (Å²) in [6.45, 7) is 4.56. The van der Waals surface area contributed by atoms with Gasteiger partial charge in [-0.05, 0) is 29.8 Å². The normalized spacial score (nSPS) is 26.5. The van der Waals surface area contributed by atoms with E-state index in [1.54, 1.807) is 12.3 Å². The van der Waals surface area contributed by atoms with Crippen LogP contribution >= 0.6 is 0 Å². The number of nitrogens with zero attached hydrogens (tertiary/aromatic N) is 3. The van der Waals surface area contributed by atoms with E-state index in [-0.39, 0.29) is 11.3 Å². The first-order valence-corrected chi connectivity index (χ1v) is 8.17. The lowest BCUT2D eigenvalue weighted by Gasteiger charge is -2.27. The maximum absolute atomic E-state index is 13.7. The molecule has 0 bridgehead atoms. The number of hydrogen-bond donors (Lipinski definition) is 0. The van der Waals surface area contributed by atoms with E-state index in [2.05, 4.69) is 14.9 Å². The number of aromatic nitrogens is 2. The van der Waals surface area contributed by atoms with Crippen LogP contribution in [0.15, 0.2) is 42.9 Å². The van der Waals surface area contributed by atoms with Crippen molar-refractivity contribution in [1.29, 1.82) is 0 Å². The van der Waals surface area contributed by atoms with Gasteiger partial charge in [0.15, 0.2) is 5.82 Å². The lowest BCUT2D eigenvalue weighted by molar-refractivity contribution is 0.0862. The van der Waals surface area contributed by atoms with Crippen LogP contribution in [0.3, 0.4) is 0 Å². The molecule has 0 aliphatic carbocycles. The summed E-state index contributed by atoms with van der Waals surface area (Å²) in [6, 6.07) is 7.01. The van der Waals surface area contributed by atoms with Gasteiger partial charge in [-0.3, -0.25) is 9.88 Å². The van der Waals surface area contributed by atoms with Crippen molar-refractivity contribution in [1.82, 2.24) is 14.9 Å². The largest absolute Gasteiger partial charge is 0.475 e. The van der Waals surface area contributed by atoms with Crippen LogP contribution in [0, 0.1) is 17.2 Å². The van der Waals surface area contributed by atoms with Crippen LogP contribution in [-0.2, 0) is 11.3 Å². The number of pyridine rings is 2.